The quantitative estimate of drug-likeness (QED) is 0.712. The van der Waals surface area contributed by atoms with Gasteiger partial charge in [0.25, 0.3) is 0 Å². The highest BCUT2D eigenvalue weighted by Crippen LogP contribution is 2.19. The zero-order chi connectivity index (χ0) is 11.7. The molecule has 17 heavy (non-hydrogen) atoms. The van der Waals surface area contributed by atoms with Crippen LogP contribution in [0.5, 0.6) is 0 Å². The Morgan fingerprint density at radius 3 is 2.76 bits per heavy atom. The number of aromatic nitrogens is 4. The molecule has 2 aromatic heterocycles. The highest BCUT2D eigenvalue weighted by molar-refractivity contribution is 5.72. The van der Waals surface area contributed by atoms with Gasteiger partial charge in [-0.3, -0.25) is 0 Å². The summed E-state index contributed by atoms with van der Waals surface area (Å²) in [6.45, 7) is 0.448. The smallest absolute Gasteiger partial charge is 0.183 e. The van der Waals surface area contributed by atoms with E-state index in [4.69, 9.17) is 5.73 Å². The molecule has 0 atom stereocenters. The van der Waals surface area contributed by atoms with Crippen LogP contribution in [0, 0.1) is 0 Å². The zero-order valence-corrected chi connectivity index (χ0v) is 9.11. The molecule has 0 saturated carbocycles. The van der Waals surface area contributed by atoms with Crippen LogP contribution in [-0.2, 0) is 6.54 Å². The van der Waals surface area contributed by atoms with E-state index in [1.54, 1.807) is 10.7 Å². The molecule has 0 saturated heterocycles. The average molecular weight is 225 g/mol. The number of nitrogens with two attached hydrogens (primary N) is 1. The van der Waals surface area contributed by atoms with Crippen LogP contribution in [0.2, 0.25) is 0 Å². The second kappa shape index (κ2) is 3.95. The van der Waals surface area contributed by atoms with Crippen LogP contribution in [0.15, 0.2) is 42.7 Å². The Bertz CT molecular complexity index is 644. The summed E-state index contributed by atoms with van der Waals surface area (Å²) < 4.78 is 1.66. The van der Waals surface area contributed by atoms with Crippen molar-refractivity contribution in [3.05, 3.63) is 48.3 Å². The van der Waals surface area contributed by atoms with Gasteiger partial charge >= 0.3 is 0 Å². The number of hydrogen-bond acceptors (Lipinski definition) is 4. The minimum atomic E-state index is 0.448. The Morgan fingerprint density at radius 1 is 1.18 bits per heavy atom. The molecule has 0 bridgehead atoms. The molecule has 5 nitrogen and oxygen atoms in total. The van der Waals surface area contributed by atoms with Crippen molar-refractivity contribution in [3.63, 3.8) is 0 Å². The number of nitrogens with zero attached hydrogens (tertiary/aromatic N) is 4. The summed E-state index contributed by atoms with van der Waals surface area (Å²) in [4.78, 5) is 4.35. The van der Waals surface area contributed by atoms with E-state index in [0.29, 0.717) is 6.54 Å². The van der Waals surface area contributed by atoms with Crippen LogP contribution in [0.3, 0.4) is 0 Å². The van der Waals surface area contributed by atoms with Gasteiger partial charge in [-0.15, -0.1) is 5.10 Å². The minimum Gasteiger partial charge on any atom is -0.326 e. The standard InChI is InChI=1S/C12H11N5/c13-6-9-7-14-12-11(15-16-17(12)8-9)10-4-2-1-3-5-10/h1-5,7-8H,6,13H2. The molecule has 3 rings (SSSR count). The van der Waals surface area contributed by atoms with Gasteiger partial charge in [-0.25, -0.2) is 9.50 Å². The first-order valence-corrected chi connectivity index (χ1v) is 5.34. The van der Waals surface area contributed by atoms with Crippen molar-refractivity contribution in [1.82, 2.24) is 19.8 Å². The summed E-state index contributed by atoms with van der Waals surface area (Å²) in [6.07, 6.45) is 3.60. The molecule has 2 N–H and O–H groups in total. The Morgan fingerprint density at radius 2 is 2.00 bits per heavy atom. The monoisotopic (exact) mass is 225 g/mol. The van der Waals surface area contributed by atoms with E-state index in [0.717, 1.165) is 22.5 Å². The van der Waals surface area contributed by atoms with Gasteiger partial charge in [0.1, 0.15) is 5.69 Å². The van der Waals surface area contributed by atoms with Gasteiger partial charge in [0.2, 0.25) is 0 Å². The van der Waals surface area contributed by atoms with Gasteiger partial charge in [-0.2, -0.15) is 0 Å². The van der Waals surface area contributed by atoms with E-state index in [-0.39, 0.29) is 0 Å². The molecule has 2 heterocycles. The number of hydrogen-bond donors (Lipinski definition) is 1. The van der Waals surface area contributed by atoms with Gasteiger partial charge in [0.15, 0.2) is 5.65 Å². The minimum absolute atomic E-state index is 0.448. The fraction of sp³-hybridized carbons (Fsp3) is 0.0833. The lowest BCUT2D eigenvalue weighted by Gasteiger charge is -1.98. The summed E-state index contributed by atoms with van der Waals surface area (Å²) in [6, 6.07) is 9.88. The van der Waals surface area contributed by atoms with E-state index in [1.165, 1.54) is 0 Å². The van der Waals surface area contributed by atoms with Crippen molar-refractivity contribution in [3.8, 4) is 11.3 Å². The molecule has 0 aliphatic heterocycles. The van der Waals surface area contributed by atoms with Crippen molar-refractivity contribution < 1.29 is 0 Å². The third kappa shape index (κ3) is 1.66. The van der Waals surface area contributed by atoms with E-state index in [1.807, 2.05) is 36.5 Å². The maximum absolute atomic E-state index is 5.56. The average Bonchev–Trinajstić information content (AvgIpc) is 2.82. The van der Waals surface area contributed by atoms with Crippen molar-refractivity contribution in [2.75, 3.05) is 0 Å². The van der Waals surface area contributed by atoms with Crippen LogP contribution in [-0.4, -0.2) is 19.8 Å². The molecule has 0 fully saturated rings. The predicted octanol–water partition coefficient (Wildman–Crippen LogP) is 1.25. The second-order valence-corrected chi connectivity index (χ2v) is 3.74. The Labute approximate surface area is 97.9 Å². The maximum atomic E-state index is 5.56. The number of fused-ring (bicyclic) bond motifs is 1. The van der Waals surface area contributed by atoms with E-state index < -0.39 is 0 Å². The van der Waals surface area contributed by atoms with Crippen LogP contribution >= 0.6 is 0 Å². The molecule has 3 aromatic rings. The lowest BCUT2D eigenvalue weighted by molar-refractivity contribution is 0.832. The molecule has 1 aromatic carbocycles. The summed E-state index contributed by atoms with van der Waals surface area (Å²) >= 11 is 0. The third-order valence-corrected chi connectivity index (χ3v) is 2.59. The molecule has 0 amide bonds. The lowest BCUT2D eigenvalue weighted by Crippen LogP contribution is -2.00. The van der Waals surface area contributed by atoms with Crippen LogP contribution in [0.25, 0.3) is 16.9 Å². The van der Waals surface area contributed by atoms with E-state index in [9.17, 15) is 0 Å². The normalized spacial score (nSPS) is 10.9. The van der Waals surface area contributed by atoms with E-state index >= 15 is 0 Å². The molecular weight excluding hydrogens is 214 g/mol. The van der Waals surface area contributed by atoms with Crippen LogP contribution in [0.4, 0.5) is 0 Å². The van der Waals surface area contributed by atoms with Crippen LogP contribution in [0.1, 0.15) is 5.56 Å². The van der Waals surface area contributed by atoms with Gasteiger partial charge < -0.3 is 5.73 Å². The van der Waals surface area contributed by atoms with Gasteiger partial charge in [-0.1, -0.05) is 35.5 Å². The first-order valence-electron chi connectivity index (χ1n) is 5.34. The summed E-state index contributed by atoms with van der Waals surface area (Å²) in [5, 5.41) is 8.20. The van der Waals surface area contributed by atoms with Gasteiger partial charge in [0.05, 0.1) is 0 Å². The van der Waals surface area contributed by atoms with Crippen LogP contribution < -0.4 is 5.73 Å². The largest absolute Gasteiger partial charge is 0.326 e. The molecule has 0 aliphatic rings. The fourth-order valence-electron chi connectivity index (χ4n) is 1.72. The predicted molar refractivity (Wildman–Crippen MR) is 64.1 cm³/mol. The molecule has 5 heteroatoms. The Hall–Kier alpha value is -2.27. The molecule has 84 valence electrons. The van der Waals surface area contributed by atoms with Crippen molar-refractivity contribution in [2.24, 2.45) is 5.73 Å². The maximum Gasteiger partial charge on any atom is 0.183 e. The first kappa shape index (κ1) is 9.92. The van der Waals surface area contributed by atoms with Crippen molar-refractivity contribution in [1.29, 1.82) is 0 Å². The Balaban J connectivity index is 2.19. The highest BCUT2D eigenvalue weighted by Gasteiger charge is 2.09. The second-order valence-electron chi connectivity index (χ2n) is 3.74. The summed E-state index contributed by atoms with van der Waals surface area (Å²) in [5.41, 5.74) is 9.03. The summed E-state index contributed by atoms with van der Waals surface area (Å²) in [7, 11) is 0. The molecule has 0 radical (unpaired) electrons. The molecule has 0 spiro atoms. The highest BCUT2D eigenvalue weighted by atomic mass is 15.4. The SMILES string of the molecule is NCc1cnc2c(-c3ccccc3)nnn2c1. The third-order valence-electron chi connectivity index (χ3n) is 2.59. The van der Waals surface area contributed by atoms with Crippen molar-refractivity contribution in [2.45, 2.75) is 6.54 Å². The summed E-state index contributed by atoms with van der Waals surface area (Å²) in [5.74, 6) is 0. The topological polar surface area (TPSA) is 69.1 Å². The first-order chi connectivity index (χ1) is 8.38. The molecule has 0 unspecified atom stereocenters. The number of benzene rings is 1. The Kier molecular flexibility index (Phi) is 2.31. The van der Waals surface area contributed by atoms with Crippen molar-refractivity contribution >= 4 is 5.65 Å². The number of rotatable bonds is 2. The van der Waals surface area contributed by atoms with Gasteiger partial charge in [0, 0.05) is 30.1 Å². The van der Waals surface area contributed by atoms with E-state index in [2.05, 4.69) is 15.3 Å². The van der Waals surface area contributed by atoms with Gasteiger partial charge in [-0.05, 0) is 0 Å². The molecule has 0 aliphatic carbocycles. The fourth-order valence-corrected chi connectivity index (χ4v) is 1.72. The lowest BCUT2D eigenvalue weighted by atomic mass is 10.2. The molecular formula is C12H11N5. The zero-order valence-electron chi connectivity index (χ0n) is 9.11.